The van der Waals surface area contributed by atoms with Crippen molar-refractivity contribution in [3.8, 4) is 11.5 Å². The van der Waals surface area contributed by atoms with Gasteiger partial charge in [-0.15, -0.1) is 0 Å². The van der Waals surface area contributed by atoms with Gasteiger partial charge in [0.25, 0.3) is 0 Å². The Hall–Kier alpha value is -2.63. The third-order valence-corrected chi connectivity index (χ3v) is 9.03. The van der Waals surface area contributed by atoms with Crippen LogP contribution in [0.15, 0.2) is 30.3 Å². The van der Waals surface area contributed by atoms with E-state index in [0.717, 1.165) is 0 Å². The van der Waals surface area contributed by atoms with Crippen molar-refractivity contribution >= 4 is 40.1 Å². The van der Waals surface area contributed by atoms with Crippen LogP contribution in [0.25, 0.3) is 0 Å². The van der Waals surface area contributed by atoms with Crippen molar-refractivity contribution < 1.29 is 60.4 Å². The lowest BCUT2D eigenvalue weighted by atomic mass is 9.64. The van der Waals surface area contributed by atoms with E-state index >= 15 is 0 Å². The topological polar surface area (TPSA) is 106 Å². The Morgan fingerprint density at radius 2 is 1.62 bits per heavy atom. The maximum Gasteiger partial charge on any atom is 0.416 e. The summed E-state index contributed by atoms with van der Waals surface area (Å²) in [4.78, 5) is 27.7. The van der Waals surface area contributed by atoms with Crippen LogP contribution in [-0.2, 0) is 31.4 Å². The van der Waals surface area contributed by atoms with Crippen molar-refractivity contribution in [1.82, 2.24) is 0 Å². The number of anilines is 1. The van der Waals surface area contributed by atoms with Crippen LogP contribution in [0.4, 0.5) is 32.0 Å². The van der Waals surface area contributed by atoms with Gasteiger partial charge in [0.15, 0.2) is 17.3 Å². The Kier molecular flexibility index (Phi) is 7.72. The zero-order valence-corrected chi connectivity index (χ0v) is 24.1. The molecule has 2 aromatic rings. The molecule has 8 nitrogen and oxygen atoms in total. The molecule has 2 aromatic carbocycles. The molecule has 3 fully saturated rings. The van der Waals surface area contributed by atoms with E-state index in [0.29, 0.717) is 26.2 Å². The summed E-state index contributed by atoms with van der Waals surface area (Å²) in [7, 11) is 2.69. The van der Waals surface area contributed by atoms with E-state index < -0.39 is 76.5 Å². The molecular weight excluding hydrogens is 691 g/mol. The molecule has 2 saturated heterocycles. The van der Waals surface area contributed by atoms with E-state index in [9.17, 15) is 46.1 Å². The number of hydrogen-bond donors (Lipinski definition) is 2. The summed E-state index contributed by atoms with van der Waals surface area (Å²) in [6.07, 6.45) is -11.4. The Balaban J connectivity index is 1.57. The predicted octanol–water partition coefficient (Wildman–Crippen LogP) is 5.28. The van der Waals surface area contributed by atoms with Gasteiger partial charge in [0, 0.05) is 18.9 Å². The molecular formula is C27H24F6INO7. The highest BCUT2D eigenvalue weighted by Crippen LogP contribution is 2.59. The number of halogens is 7. The van der Waals surface area contributed by atoms with Crippen LogP contribution in [0.2, 0.25) is 0 Å². The number of nitrogens with zero attached hydrogens (tertiary/aromatic N) is 1. The van der Waals surface area contributed by atoms with Crippen LogP contribution in [0.5, 0.6) is 11.5 Å². The summed E-state index contributed by atoms with van der Waals surface area (Å²) < 4.78 is 98.2. The molecule has 0 spiro atoms. The second-order valence-corrected chi connectivity index (χ2v) is 11.7. The molecule has 0 bridgehead atoms. The number of hydrogen-bond acceptors (Lipinski definition) is 7. The average Bonchev–Trinajstić information content (AvgIpc) is 3.38. The third-order valence-electron chi connectivity index (χ3n) is 8.20. The Bertz CT molecular complexity index is 1400. The summed E-state index contributed by atoms with van der Waals surface area (Å²) >= 11 is 1.87. The number of methoxy groups -OCH3 is 2. The molecule has 1 saturated carbocycles. The van der Waals surface area contributed by atoms with Gasteiger partial charge in [0.2, 0.25) is 11.8 Å². The first-order chi connectivity index (χ1) is 19.5. The molecule has 228 valence electrons. The van der Waals surface area contributed by atoms with Crippen molar-refractivity contribution in [1.29, 1.82) is 0 Å². The first-order valence-electron chi connectivity index (χ1n) is 12.6. The predicted molar refractivity (Wildman–Crippen MR) is 140 cm³/mol. The molecule has 15 heteroatoms. The smallest absolute Gasteiger partial charge is 0.416 e. The molecule has 2 aliphatic heterocycles. The lowest BCUT2D eigenvalue weighted by Gasteiger charge is -2.44. The fraction of sp³-hybridized carbons (Fsp3) is 0.481. The minimum Gasteiger partial charge on any atom is -0.504 e. The normalized spacial score (nSPS) is 29.6. The summed E-state index contributed by atoms with van der Waals surface area (Å²) in [5.41, 5.74) is -3.72. The van der Waals surface area contributed by atoms with Gasteiger partial charge >= 0.3 is 12.4 Å². The van der Waals surface area contributed by atoms with Crippen molar-refractivity contribution in [2.75, 3.05) is 25.7 Å². The summed E-state index contributed by atoms with van der Waals surface area (Å²) in [6.45, 7) is -0.109. The molecule has 5 rings (SSSR count). The second kappa shape index (κ2) is 10.5. The van der Waals surface area contributed by atoms with Gasteiger partial charge in [-0.05, 0) is 71.3 Å². The Morgan fingerprint density at radius 1 is 1.00 bits per heavy atom. The average molecular weight is 715 g/mol. The first-order valence-corrected chi connectivity index (χ1v) is 13.7. The number of phenols is 1. The molecule has 2 heterocycles. The highest BCUT2D eigenvalue weighted by Gasteiger charge is 2.67. The van der Waals surface area contributed by atoms with Crippen LogP contribution < -0.4 is 9.64 Å². The lowest BCUT2D eigenvalue weighted by Crippen LogP contribution is -2.54. The van der Waals surface area contributed by atoms with Gasteiger partial charge in [0.1, 0.15) is 0 Å². The number of aliphatic hydroxyl groups is 1. The van der Waals surface area contributed by atoms with E-state index in [1.165, 1.54) is 20.3 Å². The van der Waals surface area contributed by atoms with E-state index in [4.69, 9.17) is 14.2 Å². The monoisotopic (exact) mass is 715 g/mol. The summed E-state index contributed by atoms with van der Waals surface area (Å²) in [5.74, 6) is -8.38. The number of benzene rings is 2. The van der Waals surface area contributed by atoms with Crippen molar-refractivity contribution in [3.05, 3.63) is 50.6 Å². The molecule has 1 aliphatic carbocycles. The highest BCUT2D eigenvalue weighted by molar-refractivity contribution is 14.1. The highest BCUT2D eigenvalue weighted by atomic mass is 127. The van der Waals surface area contributed by atoms with Gasteiger partial charge in [0.05, 0.1) is 52.0 Å². The zero-order chi connectivity index (χ0) is 30.9. The molecule has 2 N–H and O–H groups in total. The molecule has 0 radical (unpaired) electrons. The standard InChI is InChI=1S/C27H24F6INO7/c1-40-10-14-8-16-21(17-9-19(42-25(14,17)39)11-3-18(34)22(36)20(4-11)41-2)24(38)35(23(16)37)15-6-12(26(28,29)30)5-13(7-15)27(31,32)33/h3-7,14,16-17,19,21,36,39H,8-10H2,1-2H3/t14-,16+,17+,19+,21+,25-/m1/s1. The van der Waals surface area contributed by atoms with Crippen LogP contribution in [0.1, 0.15) is 35.6 Å². The molecule has 3 aliphatic rings. The van der Waals surface area contributed by atoms with E-state index in [-0.39, 0.29) is 37.0 Å². The molecule has 0 unspecified atom stereocenters. The van der Waals surface area contributed by atoms with Gasteiger partial charge in [-0.25, -0.2) is 0 Å². The van der Waals surface area contributed by atoms with Crippen LogP contribution >= 0.6 is 22.6 Å². The number of rotatable bonds is 5. The minimum atomic E-state index is -5.19. The van der Waals surface area contributed by atoms with E-state index in [2.05, 4.69) is 0 Å². The number of aromatic hydroxyl groups is 1. The Morgan fingerprint density at radius 3 is 2.17 bits per heavy atom. The largest absolute Gasteiger partial charge is 0.504 e. The minimum absolute atomic E-state index is 0.0227. The summed E-state index contributed by atoms with van der Waals surface area (Å²) in [6, 6.07) is 3.65. The molecule has 42 heavy (non-hydrogen) atoms. The lowest BCUT2D eigenvalue weighted by molar-refractivity contribution is -0.275. The number of phenolic OH excluding ortho intramolecular Hbond substituents is 1. The van der Waals surface area contributed by atoms with Crippen LogP contribution in [-0.4, -0.2) is 48.6 Å². The SMILES string of the molecule is COC[C@H]1C[C@@H]2C(=O)N(c3cc(C(F)(F)F)cc(C(F)(F)F)c3)C(=O)[C@@H]2[C@@H]2C[C@@H](c3cc(I)c(O)c(OC)c3)O[C@]12O. The van der Waals surface area contributed by atoms with Crippen LogP contribution in [0.3, 0.4) is 0 Å². The number of alkyl halides is 6. The number of fused-ring (bicyclic) bond motifs is 3. The maximum atomic E-state index is 13.8. The number of ether oxygens (including phenoxy) is 3. The van der Waals surface area contributed by atoms with Crippen LogP contribution in [0, 0.1) is 27.2 Å². The van der Waals surface area contributed by atoms with Crippen molar-refractivity contribution in [3.63, 3.8) is 0 Å². The summed E-state index contributed by atoms with van der Waals surface area (Å²) in [5, 5.41) is 22.1. The van der Waals surface area contributed by atoms with Crippen molar-refractivity contribution in [2.45, 2.75) is 37.1 Å². The van der Waals surface area contributed by atoms with E-state index in [1.807, 2.05) is 22.6 Å². The molecule has 0 aromatic heterocycles. The Labute approximate surface area is 248 Å². The van der Waals surface area contributed by atoms with Crippen molar-refractivity contribution in [2.24, 2.45) is 23.7 Å². The van der Waals surface area contributed by atoms with Gasteiger partial charge in [-0.3, -0.25) is 14.5 Å². The number of carbonyl (C=O) groups excluding carboxylic acids is 2. The molecule has 2 amide bonds. The van der Waals surface area contributed by atoms with Gasteiger partial charge < -0.3 is 24.4 Å². The first kappa shape index (κ1) is 30.8. The molecule has 6 atom stereocenters. The second-order valence-electron chi connectivity index (χ2n) is 10.6. The zero-order valence-electron chi connectivity index (χ0n) is 21.9. The number of imide groups is 1. The third kappa shape index (κ3) is 5.01. The maximum absolute atomic E-state index is 13.8. The fourth-order valence-corrected chi connectivity index (χ4v) is 6.97. The quantitative estimate of drug-likeness (QED) is 0.247. The van der Waals surface area contributed by atoms with E-state index in [1.54, 1.807) is 6.07 Å². The van der Waals surface area contributed by atoms with Gasteiger partial charge in [-0.2, -0.15) is 26.3 Å². The number of carbonyl (C=O) groups is 2. The fourth-order valence-electron chi connectivity index (χ4n) is 6.34. The van der Waals surface area contributed by atoms with Gasteiger partial charge in [-0.1, -0.05) is 0 Å². The number of amides is 2.